The third-order valence-corrected chi connectivity index (χ3v) is 7.58. The summed E-state index contributed by atoms with van der Waals surface area (Å²) in [6.45, 7) is 4.08. The number of fused-ring (bicyclic) bond motifs is 2. The van der Waals surface area contributed by atoms with E-state index in [0.29, 0.717) is 11.4 Å². The first-order chi connectivity index (χ1) is 16.0. The van der Waals surface area contributed by atoms with Crippen molar-refractivity contribution < 1.29 is 4.74 Å². The second-order valence-electron chi connectivity index (χ2n) is 8.30. The number of aromatic amines is 1. The van der Waals surface area contributed by atoms with Gasteiger partial charge >= 0.3 is 0 Å². The Hall–Kier alpha value is -3.81. The summed E-state index contributed by atoms with van der Waals surface area (Å²) in [4.78, 5) is 9.17. The predicted molar refractivity (Wildman–Crippen MR) is 131 cm³/mol. The maximum atomic E-state index is 9.92. The summed E-state index contributed by atoms with van der Waals surface area (Å²) in [5.41, 5.74) is 7.07. The van der Waals surface area contributed by atoms with E-state index < -0.39 is 0 Å². The minimum Gasteiger partial charge on any atom is -0.497 e. The van der Waals surface area contributed by atoms with Crippen LogP contribution in [0, 0.1) is 36.5 Å². The van der Waals surface area contributed by atoms with E-state index in [2.05, 4.69) is 32.7 Å². The number of imidazole rings is 1. The molecule has 0 atom stereocenters. The second-order valence-corrected chi connectivity index (χ2v) is 9.39. The average molecular weight is 454 g/mol. The fraction of sp³-hybridized carbons (Fsp3) is 0.269. The molecule has 1 aliphatic rings. The van der Waals surface area contributed by atoms with Crippen LogP contribution in [-0.4, -0.2) is 21.6 Å². The molecule has 3 heterocycles. The molecule has 0 fully saturated rings. The lowest BCUT2D eigenvalue weighted by Gasteiger charge is -2.10. The van der Waals surface area contributed by atoms with Crippen molar-refractivity contribution in [3.8, 4) is 22.9 Å². The summed E-state index contributed by atoms with van der Waals surface area (Å²) < 4.78 is 7.44. The average Bonchev–Trinajstić information content (AvgIpc) is 3.49. The van der Waals surface area contributed by atoms with Gasteiger partial charge in [-0.05, 0) is 74.9 Å². The zero-order valence-electron chi connectivity index (χ0n) is 18.8. The molecular weight excluding hydrogens is 430 g/mol. The van der Waals surface area contributed by atoms with Crippen molar-refractivity contribution in [3.63, 3.8) is 0 Å². The molecule has 0 aliphatic heterocycles. The number of nitriles is 2. The fourth-order valence-corrected chi connectivity index (χ4v) is 6.07. The lowest BCUT2D eigenvalue weighted by Crippen LogP contribution is -2.02. The van der Waals surface area contributed by atoms with Crippen molar-refractivity contribution in [2.24, 2.45) is 0 Å². The topological polar surface area (TPSA) is 90.4 Å². The van der Waals surface area contributed by atoms with Crippen molar-refractivity contribution in [2.45, 2.75) is 39.5 Å². The van der Waals surface area contributed by atoms with Gasteiger partial charge < -0.3 is 14.3 Å². The Morgan fingerprint density at radius 3 is 2.79 bits per heavy atom. The van der Waals surface area contributed by atoms with Crippen molar-refractivity contribution in [1.82, 2.24) is 14.5 Å². The molecule has 3 aromatic heterocycles. The van der Waals surface area contributed by atoms with Gasteiger partial charge in [-0.1, -0.05) is 0 Å². The third kappa shape index (κ3) is 3.51. The molecule has 1 aromatic carbocycles. The lowest BCUT2D eigenvalue weighted by atomic mass is 9.96. The maximum Gasteiger partial charge on any atom is 0.149 e. The van der Waals surface area contributed by atoms with Crippen LogP contribution in [-0.2, 0) is 12.8 Å². The largest absolute Gasteiger partial charge is 0.497 e. The molecule has 5 rings (SSSR count). The van der Waals surface area contributed by atoms with Crippen LogP contribution >= 0.6 is 11.3 Å². The van der Waals surface area contributed by atoms with Gasteiger partial charge in [0.2, 0.25) is 0 Å². The predicted octanol–water partition coefficient (Wildman–Crippen LogP) is 5.86. The maximum absolute atomic E-state index is 9.92. The van der Waals surface area contributed by atoms with Gasteiger partial charge in [0.1, 0.15) is 28.7 Å². The molecule has 164 valence electrons. The van der Waals surface area contributed by atoms with Gasteiger partial charge in [0.15, 0.2) is 0 Å². The van der Waals surface area contributed by atoms with Crippen molar-refractivity contribution >= 4 is 34.0 Å². The van der Waals surface area contributed by atoms with Crippen LogP contribution in [0.5, 0.6) is 5.75 Å². The van der Waals surface area contributed by atoms with Crippen LogP contribution in [0.2, 0.25) is 0 Å². The standard InChI is InChI=1S/C26H23N5OS/c1-15-10-17(11-18(13-27)25-29-22-9-8-19(32-3)12-23(22)30-25)16(2)31(15)26-21(14-28)20-6-4-5-7-24(20)33-26/h8-12H,4-7H2,1-3H3,(H,29,30)/b18-11-. The number of aromatic nitrogens is 3. The van der Waals surface area contributed by atoms with Gasteiger partial charge in [-0.15, -0.1) is 11.3 Å². The highest BCUT2D eigenvalue weighted by atomic mass is 32.1. The number of H-pyrrole nitrogens is 1. The van der Waals surface area contributed by atoms with Gasteiger partial charge in [-0.3, -0.25) is 0 Å². The smallest absolute Gasteiger partial charge is 0.149 e. The van der Waals surface area contributed by atoms with E-state index in [1.54, 1.807) is 18.4 Å². The van der Waals surface area contributed by atoms with Crippen LogP contribution in [0.25, 0.3) is 27.7 Å². The van der Waals surface area contributed by atoms with E-state index in [0.717, 1.165) is 63.6 Å². The van der Waals surface area contributed by atoms with Crippen LogP contribution in [0.4, 0.5) is 0 Å². The number of hydrogen-bond donors (Lipinski definition) is 1. The molecule has 1 aliphatic carbocycles. The van der Waals surface area contributed by atoms with Crippen molar-refractivity contribution in [1.29, 1.82) is 10.5 Å². The van der Waals surface area contributed by atoms with Gasteiger partial charge in [-0.25, -0.2) is 4.98 Å². The summed E-state index contributed by atoms with van der Waals surface area (Å²) in [5.74, 6) is 1.26. The van der Waals surface area contributed by atoms with E-state index >= 15 is 0 Å². The molecule has 33 heavy (non-hydrogen) atoms. The summed E-state index contributed by atoms with van der Waals surface area (Å²) in [5, 5.41) is 20.8. The molecule has 4 aromatic rings. The number of hydrogen-bond acceptors (Lipinski definition) is 5. The quantitative estimate of drug-likeness (QED) is 0.392. The molecule has 0 unspecified atom stereocenters. The van der Waals surface area contributed by atoms with E-state index in [-0.39, 0.29) is 0 Å². The first kappa shape index (κ1) is 21.1. The number of benzene rings is 1. The molecular formula is C26H23N5OS. The number of aryl methyl sites for hydroxylation is 2. The monoisotopic (exact) mass is 453 g/mol. The Kier molecular flexibility index (Phi) is 5.28. The lowest BCUT2D eigenvalue weighted by molar-refractivity contribution is 0.415. The Balaban J connectivity index is 1.59. The highest BCUT2D eigenvalue weighted by Crippen LogP contribution is 2.38. The molecule has 1 N–H and O–H groups in total. The summed E-state index contributed by atoms with van der Waals surface area (Å²) in [6, 6.07) is 12.4. The molecule has 7 heteroatoms. The number of methoxy groups -OCH3 is 1. The summed E-state index contributed by atoms with van der Waals surface area (Å²) >= 11 is 1.73. The minimum atomic E-state index is 0.455. The molecule has 0 bridgehead atoms. The van der Waals surface area contributed by atoms with E-state index in [1.807, 2.05) is 38.1 Å². The van der Waals surface area contributed by atoms with Crippen LogP contribution in [0.3, 0.4) is 0 Å². The second kappa shape index (κ2) is 8.27. The number of allylic oxidation sites excluding steroid dienone is 1. The number of ether oxygens (including phenoxy) is 1. The number of nitrogens with zero attached hydrogens (tertiary/aromatic N) is 4. The molecule has 0 saturated carbocycles. The van der Waals surface area contributed by atoms with Gasteiger partial charge in [0.05, 0.1) is 29.3 Å². The minimum absolute atomic E-state index is 0.455. The van der Waals surface area contributed by atoms with Crippen molar-refractivity contribution in [2.75, 3.05) is 7.11 Å². The SMILES string of the molecule is COc1ccc2nc(/C(C#N)=C\c3cc(C)n(-c4sc5c(c4C#N)CCCC5)c3C)[nH]c2c1. The van der Waals surface area contributed by atoms with Crippen LogP contribution in [0.1, 0.15) is 51.6 Å². The van der Waals surface area contributed by atoms with Gasteiger partial charge in [0.25, 0.3) is 0 Å². The number of thiophene rings is 1. The highest BCUT2D eigenvalue weighted by molar-refractivity contribution is 7.15. The molecule has 0 saturated heterocycles. The van der Waals surface area contributed by atoms with Gasteiger partial charge in [0, 0.05) is 22.3 Å². The van der Waals surface area contributed by atoms with E-state index in [1.165, 1.54) is 16.9 Å². The normalized spacial score (nSPS) is 13.5. The third-order valence-electron chi connectivity index (χ3n) is 6.30. The molecule has 0 amide bonds. The van der Waals surface area contributed by atoms with E-state index in [9.17, 15) is 10.5 Å². The molecule has 0 spiro atoms. The fourth-order valence-electron chi connectivity index (χ4n) is 4.62. The summed E-state index contributed by atoms with van der Waals surface area (Å²) in [6.07, 6.45) is 6.23. The Labute approximate surface area is 196 Å². The van der Waals surface area contributed by atoms with Crippen molar-refractivity contribution in [3.05, 3.63) is 63.0 Å². The zero-order chi connectivity index (χ0) is 23.1. The van der Waals surface area contributed by atoms with E-state index in [4.69, 9.17) is 4.74 Å². The molecule has 0 radical (unpaired) electrons. The number of nitrogens with one attached hydrogen (secondary N) is 1. The van der Waals surface area contributed by atoms with Gasteiger partial charge in [-0.2, -0.15) is 10.5 Å². The first-order valence-electron chi connectivity index (χ1n) is 10.9. The first-order valence-corrected chi connectivity index (χ1v) is 11.8. The highest BCUT2D eigenvalue weighted by Gasteiger charge is 2.24. The van der Waals surface area contributed by atoms with Crippen LogP contribution < -0.4 is 4.74 Å². The van der Waals surface area contributed by atoms with Crippen LogP contribution in [0.15, 0.2) is 24.3 Å². The Bertz CT molecular complexity index is 1500. The number of rotatable bonds is 4. The summed E-state index contributed by atoms with van der Waals surface area (Å²) in [7, 11) is 1.62. The Morgan fingerprint density at radius 1 is 1.21 bits per heavy atom. The zero-order valence-corrected chi connectivity index (χ0v) is 19.6. The molecule has 6 nitrogen and oxygen atoms in total. The Morgan fingerprint density at radius 2 is 2.03 bits per heavy atom.